The molecule has 0 heterocycles. The molecule has 3 nitrogen and oxygen atoms in total. The second-order valence-electron chi connectivity index (χ2n) is 2.50. The van der Waals surface area contributed by atoms with E-state index in [0.717, 1.165) is 0 Å². The number of nitrogens with one attached hydrogen (secondary N) is 1. The van der Waals surface area contributed by atoms with E-state index in [1.807, 2.05) is 5.48 Å². The summed E-state index contributed by atoms with van der Waals surface area (Å²) in [6, 6.07) is 2.44. The number of halogens is 1. The van der Waals surface area contributed by atoms with E-state index in [4.69, 9.17) is 5.21 Å². The minimum absolute atomic E-state index is 0.0181. The summed E-state index contributed by atoms with van der Waals surface area (Å²) in [4.78, 5) is 0. The monoisotopic (exact) mass is 171 g/mol. The fourth-order valence-electron chi connectivity index (χ4n) is 1.02. The molecule has 0 radical (unpaired) electrons. The van der Waals surface area contributed by atoms with Gasteiger partial charge in [-0.15, -0.1) is 0 Å². The van der Waals surface area contributed by atoms with Crippen LogP contribution in [-0.2, 0) is 6.54 Å². The van der Waals surface area contributed by atoms with Gasteiger partial charge in [0.05, 0.1) is 0 Å². The van der Waals surface area contributed by atoms with Crippen LogP contribution in [0.1, 0.15) is 11.1 Å². The Balaban J connectivity index is 3.14. The van der Waals surface area contributed by atoms with Gasteiger partial charge in [0.25, 0.3) is 0 Å². The summed E-state index contributed by atoms with van der Waals surface area (Å²) in [6.07, 6.45) is 0. The summed E-state index contributed by atoms with van der Waals surface area (Å²) >= 11 is 0. The number of phenolic OH excluding ortho intramolecular Hbond substituents is 1. The van der Waals surface area contributed by atoms with Crippen molar-refractivity contribution in [1.82, 2.24) is 5.48 Å². The predicted molar refractivity (Wildman–Crippen MR) is 41.4 cm³/mol. The fraction of sp³-hybridized carbons (Fsp3) is 0.250. The van der Waals surface area contributed by atoms with Crippen molar-refractivity contribution in [1.29, 1.82) is 0 Å². The first-order chi connectivity index (χ1) is 5.66. The molecule has 0 aliphatic rings. The zero-order valence-electron chi connectivity index (χ0n) is 6.63. The average Bonchev–Trinajstić information content (AvgIpc) is 2.06. The Kier molecular flexibility index (Phi) is 2.62. The maximum absolute atomic E-state index is 12.9. The minimum atomic E-state index is -0.391. The maximum atomic E-state index is 12.9. The van der Waals surface area contributed by atoms with Gasteiger partial charge in [-0.05, 0) is 24.6 Å². The van der Waals surface area contributed by atoms with E-state index in [-0.39, 0.29) is 12.3 Å². The van der Waals surface area contributed by atoms with Gasteiger partial charge in [0, 0.05) is 12.1 Å². The predicted octanol–water partition coefficient (Wildman–Crippen LogP) is 1.32. The van der Waals surface area contributed by atoms with Gasteiger partial charge in [-0.1, -0.05) is 0 Å². The van der Waals surface area contributed by atoms with Crippen molar-refractivity contribution < 1.29 is 14.7 Å². The molecule has 0 atom stereocenters. The number of phenols is 1. The summed E-state index contributed by atoms with van der Waals surface area (Å²) < 4.78 is 12.9. The lowest BCUT2D eigenvalue weighted by atomic mass is 10.1. The molecular formula is C8H10FNO2. The smallest absolute Gasteiger partial charge is 0.126 e. The van der Waals surface area contributed by atoms with E-state index in [9.17, 15) is 9.50 Å². The van der Waals surface area contributed by atoms with Crippen LogP contribution in [0, 0.1) is 12.7 Å². The van der Waals surface area contributed by atoms with E-state index >= 15 is 0 Å². The first-order valence-electron chi connectivity index (χ1n) is 3.50. The molecule has 1 rings (SSSR count). The summed E-state index contributed by atoms with van der Waals surface area (Å²) in [7, 11) is 0. The normalized spacial score (nSPS) is 10.2. The van der Waals surface area contributed by atoms with E-state index in [0.29, 0.717) is 11.1 Å². The lowest BCUT2D eigenvalue weighted by molar-refractivity contribution is 0.160. The second kappa shape index (κ2) is 3.51. The highest BCUT2D eigenvalue weighted by atomic mass is 19.1. The molecule has 0 fully saturated rings. The van der Waals surface area contributed by atoms with Crippen molar-refractivity contribution in [3.63, 3.8) is 0 Å². The van der Waals surface area contributed by atoms with Crippen molar-refractivity contribution >= 4 is 0 Å². The Morgan fingerprint density at radius 1 is 1.50 bits per heavy atom. The summed E-state index contributed by atoms with van der Waals surface area (Å²) in [5.41, 5.74) is 2.58. The van der Waals surface area contributed by atoms with Crippen LogP contribution in [0.2, 0.25) is 0 Å². The molecule has 0 saturated heterocycles. The highest BCUT2D eigenvalue weighted by molar-refractivity contribution is 5.39. The standard InChI is InChI=1S/C8H10FNO2/c1-5-6(4-10-12)8(11)3-2-7(5)9/h2-3,10-12H,4H2,1H3. The van der Waals surface area contributed by atoms with Gasteiger partial charge in [0.1, 0.15) is 11.6 Å². The first-order valence-corrected chi connectivity index (χ1v) is 3.50. The van der Waals surface area contributed by atoms with Crippen LogP contribution in [0.5, 0.6) is 5.75 Å². The van der Waals surface area contributed by atoms with Crippen molar-refractivity contribution in [3.05, 3.63) is 29.1 Å². The fourth-order valence-corrected chi connectivity index (χ4v) is 1.02. The molecule has 3 N–H and O–H groups in total. The van der Waals surface area contributed by atoms with Crippen LogP contribution in [0.15, 0.2) is 12.1 Å². The van der Waals surface area contributed by atoms with Gasteiger partial charge in [0.15, 0.2) is 0 Å². The number of benzene rings is 1. The molecule has 66 valence electrons. The number of rotatable bonds is 2. The number of hydrogen-bond acceptors (Lipinski definition) is 3. The Morgan fingerprint density at radius 3 is 2.75 bits per heavy atom. The van der Waals surface area contributed by atoms with Crippen LogP contribution in [0.25, 0.3) is 0 Å². The third-order valence-electron chi connectivity index (χ3n) is 1.76. The molecule has 0 saturated carbocycles. The quantitative estimate of drug-likeness (QED) is 0.588. The SMILES string of the molecule is Cc1c(F)ccc(O)c1CNO. The molecule has 0 unspecified atom stereocenters. The lowest BCUT2D eigenvalue weighted by Crippen LogP contribution is -2.08. The zero-order chi connectivity index (χ0) is 9.14. The van der Waals surface area contributed by atoms with Crippen molar-refractivity contribution in [2.24, 2.45) is 0 Å². The number of aromatic hydroxyl groups is 1. The lowest BCUT2D eigenvalue weighted by Gasteiger charge is -2.07. The molecule has 0 aliphatic heterocycles. The van der Waals surface area contributed by atoms with Crippen LogP contribution < -0.4 is 5.48 Å². The molecule has 0 amide bonds. The molecule has 1 aromatic rings. The van der Waals surface area contributed by atoms with Gasteiger partial charge in [-0.25, -0.2) is 9.87 Å². The van der Waals surface area contributed by atoms with Crippen LogP contribution in [0.4, 0.5) is 4.39 Å². The maximum Gasteiger partial charge on any atom is 0.126 e. The van der Waals surface area contributed by atoms with Crippen LogP contribution >= 0.6 is 0 Å². The largest absolute Gasteiger partial charge is 0.508 e. The molecule has 0 aromatic heterocycles. The Labute approximate surface area is 69.4 Å². The van der Waals surface area contributed by atoms with Gasteiger partial charge in [0.2, 0.25) is 0 Å². The second-order valence-corrected chi connectivity index (χ2v) is 2.50. The molecule has 0 bridgehead atoms. The summed E-state index contributed by atoms with van der Waals surface area (Å²) in [5, 5.41) is 17.6. The molecule has 12 heavy (non-hydrogen) atoms. The molecule has 1 aromatic carbocycles. The third-order valence-corrected chi connectivity index (χ3v) is 1.76. The van der Waals surface area contributed by atoms with E-state index in [2.05, 4.69) is 0 Å². The average molecular weight is 171 g/mol. The summed E-state index contributed by atoms with van der Waals surface area (Å²) in [5.74, 6) is -0.409. The Hall–Kier alpha value is -1.13. The van der Waals surface area contributed by atoms with Gasteiger partial charge < -0.3 is 10.3 Å². The third kappa shape index (κ3) is 1.54. The van der Waals surface area contributed by atoms with Gasteiger partial charge in [-0.3, -0.25) is 0 Å². The Morgan fingerprint density at radius 2 is 2.17 bits per heavy atom. The van der Waals surface area contributed by atoms with Crippen molar-refractivity contribution in [3.8, 4) is 5.75 Å². The molecule has 0 aliphatic carbocycles. The highest BCUT2D eigenvalue weighted by Gasteiger charge is 2.07. The van der Waals surface area contributed by atoms with Gasteiger partial charge in [-0.2, -0.15) is 0 Å². The van der Waals surface area contributed by atoms with Crippen molar-refractivity contribution in [2.45, 2.75) is 13.5 Å². The summed E-state index contributed by atoms with van der Waals surface area (Å²) in [6.45, 7) is 1.58. The van der Waals surface area contributed by atoms with E-state index < -0.39 is 5.82 Å². The Bertz CT molecular complexity index is 289. The van der Waals surface area contributed by atoms with Crippen LogP contribution in [-0.4, -0.2) is 10.3 Å². The number of hydrogen-bond donors (Lipinski definition) is 3. The van der Waals surface area contributed by atoms with Crippen molar-refractivity contribution in [2.75, 3.05) is 0 Å². The van der Waals surface area contributed by atoms with E-state index in [1.54, 1.807) is 6.92 Å². The molecular weight excluding hydrogens is 161 g/mol. The highest BCUT2D eigenvalue weighted by Crippen LogP contribution is 2.22. The molecule has 0 spiro atoms. The van der Waals surface area contributed by atoms with Crippen LogP contribution in [0.3, 0.4) is 0 Å². The van der Waals surface area contributed by atoms with E-state index in [1.165, 1.54) is 12.1 Å². The number of hydroxylamine groups is 1. The first kappa shape index (κ1) is 8.96. The van der Waals surface area contributed by atoms with Gasteiger partial charge >= 0.3 is 0 Å². The minimum Gasteiger partial charge on any atom is -0.508 e. The topological polar surface area (TPSA) is 52.5 Å². The zero-order valence-corrected chi connectivity index (χ0v) is 6.63. The molecule has 4 heteroatoms.